The van der Waals surface area contributed by atoms with E-state index >= 15 is 0 Å². The first-order valence-corrected chi connectivity index (χ1v) is 27.6. The summed E-state index contributed by atoms with van der Waals surface area (Å²) < 4.78 is 18.1. The second kappa shape index (κ2) is 18.2. The summed E-state index contributed by atoms with van der Waals surface area (Å²) >= 11 is 0. The Morgan fingerprint density at radius 2 is 1.06 bits per heavy atom. The van der Waals surface area contributed by atoms with Gasteiger partial charge in [-0.05, 0) is 216 Å². The molecule has 0 bridgehead atoms. The molecule has 0 aromatic carbocycles. The van der Waals surface area contributed by atoms with Crippen molar-refractivity contribution in [2.45, 2.75) is 262 Å². The number of aliphatic hydroxyl groups excluding tert-OH is 3. The SMILES string of the molecule is CC(C)(O)CC[C@@H](O)[C@](C)(O)C1CC[C@@]2(O)C3=CC(=O)C4C[C@H]5OC(C)(C)O[C@H]5CC4(C)C3CCC12C.CO[C@H](CCC(C)(C)O)[C@](C)(O)C1CC[C@@]2(O)C3=CC(=O)C4C[C@@H](O)[C@@H](O)CC4(C)C3CCC12C. The Labute approximate surface area is 429 Å². The quantitative estimate of drug-likeness (QED) is 0.113. The fourth-order valence-electron chi connectivity index (χ4n) is 17.9. The molecule has 1 saturated heterocycles. The number of rotatable bonds is 11. The Bertz CT molecular complexity index is 2150. The van der Waals surface area contributed by atoms with E-state index in [0.717, 1.165) is 30.4 Å². The van der Waals surface area contributed by atoms with Crippen LogP contribution in [0.5, 0.6) is 0 Å². The summed E-state index contributed by atoms with van der Waals surface area (Å²) in [4.78, 5) is 27.0. The number of ether oxygens (including phenoxy) is 3. The van der Waals surface area contributed by atoms with Gasteiger partial charge in [-0.15, -0.1) is 0 Å². The number of carbonyl (C=O) groups is 2. The second-order valence-corrected chi connectivity index (χ2v) is 28.2. The minimum absolute atomic E-state index is 0.0532. The van der Waals surface area contributed by atoms with Gasteiger partial charge in [0.05, 0.1) is 70.2 Å². The molecule has 7 fully saturated rings. The van der Waals surface area contributed by atoms with Gasteiger partial charge in [-0.3, -0.25) is 9.59 Å². The van der Waals surface area contributed by atoms with Crippen LogP contribution in [0.25, 0.3) is 0 Å². The monoisotopic (exact) mass is 1010 g/mol. The third kappa shape index (κ3) is 8.93. The molecule has 0 aromatic rings. The highest BCUT2D eigenvalue weighted by Crippen LogP contribution is 2.71. The Balaban J connectivity index is 0.000000193. The van der Waals surface area contributed by atoms with Gasteiger partial charge in [0, 0.05) is 29.8 Å². The maximum Gasteiger partial charge on any atom is 0.163 e. The molecule has 0 amide bonds. The summed E-state index contributed by atoms with van der Waals surface area (Å²) in [5.41, 5.74) is -7.50. The summed E-state index contributed by atoms with van der Waals surface area (Å²) in [6, 6.07) is 0. The van der Waals surface area contributed by atoms with Crippen molar-refractivity contribution in [1.82, 2.24) is 0 Å². The Kier molecular flexibility index (Phi) is 14.3. The van der Waals surface area contributed by atoms with Crippen LogP contribution in [0.2, 0.25) is 0 Å². The number of hydrogen-bond donors (Lipinski definition) is 9. The van der Waals surface area contributed by atoms with Gasteiger partial charge in [0.1, 0.15) is 0 Å². The van der Waals surface area contributed by atoms with Gasteiger partial charge in [0.15, 0.2) is 17.4 Å². The number of methoxy groups -OCH3 is 1. The van der Waals surface area contributed by atoms with Crippen molar-refractivity contribution in [3.8, 4) is 0 Å². The topological polar surface area (TPSA) is 244 Å². The van der Waals surface area contributed by atoms with Gasteiger partial charge in [0.25, 0.3) is 0 Å². The lowest BCUT2D eigenvalue weighted by atomic mass is 9.45. The van der Waals surface area contributed by atoms with E-state index in [1.807, 2.05) is 34.6 Å². The van der Waals surface area contributed by atoms with Crippen LogP contribution in [-0.4, -0.2) is 141 Å². The van der Waals surface area contributed by atoms with Gasteiger partial charge >= 0.3 is 0 Å². The molecule has 1 heterocycles. The molecule has 9 rings (SSSR count). The first-order chi connectivity index (χ1) is 32.9. The Morgan fingerprint density at radius 3 is 1.54 bits per heavy atom. The van der Waals surface area contributed by atoms with Crippen molar-refractivity contribution in [3.63, 3.8) is 0 Å². The predicted molar refractivity (Wildman–Crippen MR) is 270 cm³/mol. The van der Waals surface area contributed by atoms with E-state index in [9.17, 15) is 55.5 Å². The standard InChI is InChI=1S/C30H48O7.C28H46O7/c1-25(2,33)11-10-24(32)29(7,34)23-9-13-30(35)18-14-20(31)19-15-21-22(37-26(3,4)36-21)16-27(19,5)17(18)8-12-28(23,30)6;1-24(2,32)10-9-23(35-6)27(5,33)22-8-12-28(34)17-13-19(29)18-14-20(30)21(31)15-25(18,3)16(17)7-11-26(22,28)4/h14,17,19,21-24,32-35H,8-13,15-16H2,1-7H3;13,16,18,20-23,30-34H,7-12,14-15H2,1-6H3/t17?,19?,21-,22+,23?,24-,27?,28?,29-,30-;16?,18?,20-,21+,22?,23-,25?,26?,27-,28-/m11/s1. The minimum atomic E-state index is -1.43. The maximum absolute atomic E-state index is 13.6. The number of aliphatic hydroxyl groups is 9. The summed E-state index contributed by atoms with van der Waals surface area (Å²) in [5, 5.41) is 100. The van der Waals surface area contributed by atoms with Gasteiger partial charge < -0.3 is 60.2 Å². The molecule has 0 spiro atoms. The van der Waals surface area contributed by atoms with Crippen LogP contribution in [0.15, 0.2) is 23.3 Å². The van der Waals surface area contributed by atoms with Crippen LogP contribution in [-0.2, 0) is 23.8 Å². The highest BCUT2D eigenvalue weighted by atomic mass is 16.8. The summed E-state index contributed by atoms with van der Waals surface area (Å²) in [6.07, 6.45) is 8.51. The molecule has 72 heavy (non-hydrogen) atoms. The molecule has 14 nitrogen and oxygen atoms in total. The second-order valence-electron chi connectivity index (χ2n) is 28.2. The number of ketones is 2. The average Bonchev–Trinajstić information content (AvgIpc) is 3.83. The molecule has 0 aromatic heterocycles. The first-order valence-electron chi connectivity index (χ1n) is 27.6. The van der Waals surface area contributed by atoms with Crippen molar-refractivity contribution in [2.75, 3.05) is 7.11 Å². The molecule has 1 aliphatic heterocycles. The molecule has 9 aliphatic rings. The van der Waals surface area contributed by atoms with Gasteiger partial charge in [-0.25, -0.2) is 0 Å². The van der Waals surface area contributed by atoms with Crippen LogP contribution >= 0.6 is 0 Å². The third-order valence-electron chi connectivity index (χ3n) is 22.1. The Hall–Kier alpha value is -1.66. The largest absolute Gasteiger partial charge is 0.390 e. The van der Waals surface area contributed by atoms with Crippen molar-refractivity contribution in [3.05, 3.63) is 23.3 Å². The lowest BCUT2D eigenvalue weighted by molar-refractivity contribution is -0.181. The van der Waals surface area contributed by atoms with Gasteiger partial charge in [0.2, 0.25) is 0 Å². The summed E-state index contributed by atoms with van der Waals surface area (Å²) in [7, 11) is 1.58. The first kappa shape index (κ1) is 56.5. The molecular weight excluding hydrogens is 921 g/mol. The lowest BCUT2D eigenvalue weighted by Crippen LogP contribution is -2.63. The number of allylic oxidation sites excluding steroid dienone is 2. The van der Waals surface area contributed by atoms with E-state index in [1.165, 1.54) is 0 Å². The molecule has 14 heteroatoms. The van der Waals surface area contributed by atoms with E-state index in [2.05, 4.69) is 6.92 Å². The van der Waals surface area contributed by atoms with E-state index in [0.29, 0.717) is 70.6 Å². The molecule has 9 N–H and O–H groups in total. The van der Waals surface area contributed by atoms with E-state index in [4.69, 9.17) is 14.2 Å². The summed E-state index contributed by atoms with van der Waals surface area (Å²) in [5.74, 6) is -1.76. The molecular formula is C58H94O14. The van der Waals surface area contributed by atoms with Crippen molar-refractivity contribution in [1.29, 1.82) is 0 Å². The fourth-order valence-corrected chi connectivity index (χ4v) is 17.9. The molecule has 10 unspecified atom stereocenters. The van der Waals surface area contributed by atoms with Crippen molar-refractivity contribution < 1.29 is 69.8 Å². The number of hydrogen-bond acceptors (Lipinski definition) is 14. The highest BCUT2D eigenvalue weighted by molar-refractivity contribution is 5.95. The smallest absolute Gasteiger partial charge is 0.163 e. The average molecular weight is 1020 g/mol. The molecule has 0 radical (unpaired) electrons. The van der Waals surface area contributed by atoms with E-state index < -0.39 is 80.1 Å². The molecule has 6 saturated carbocycles. The normalized spacial score (nSPS) is 46.8. The third-order valence-corrected chi connectivity index (χ3v) is 22.1. The zero-order chi connectivity index (χ0) is 53.6. The van der Waals surface area contributed by atoms with Crippen molar-refractivity contribution >= 4 is 11.6 Å². The maximum atomic E-state index is 13.6. The van der Waals surface area contributed by atoms with E-state index in [-0.39, 0.29) is 77.5 Å². The molecule has 20 atom stereocenters. The summed E-state index contributed by atoms with van der Waals surface area (Å²) in [6.45, 7) is 22.5. The van der Waals surface area contributed by atoms with Crippen LogP contribution in [0.4, 0.5) is 0 Å². The number of carbonyl (C=O) groups excluding carboxylic acids is 2. The van der Waals surface area contributed by atoms with Crippen LogP contribution in [0.3, 0.4) is 0 Å². The van der Waals surface area contributed by atoms with Crippen molar-refractivity contribution in [2.24, 2.45) is 57.2 Å². The zero-order valence-corrected chi connectivity index (χ0v) is 46.0. The Morgan fingerprint density at radius 1 is 0.611 bits per heavy atom. The molecule has 8 aliphatic carbocycles. The van der Waals surface area contributed by atoms with Crippen LogP contribution < -0.4 is 0 Å². The molecule has 410 valence electrons. The number of fused-ring (bicyclic) bond motifs is 11. The van der Waals surface area contributed by atoms with Crippen LogP contribution in [0, 0.1) is 57.2 Å². The minimum Gasteiger partial charge on any atom is -0.390 e. The predicted octanol–water partition coefficient (Wildman–Crippen LogP) is 6.16. The van der Waals surface area contributed by atoms with Gasteiger partial charge in [-0.1, -0.05) is 27.7 Å². The van der Waals surface area contributed by atoms with Gasteiger partial charge in [-0.2, -0.15) is 0 Å². The fraction of sp³-hybridized carbons (Fsp3) is 0.897. The van der Waals surface area contributed by atoms with E-state index in [1.54, 1.807) is 60.8 Å². The highest BCUT2D eigenvalue weighted by Gasteiger charge is 2.71. The van der Waals surface area contributed by atoms with Crippen LogP contribution in [0.1, 0.15) is 186 Å². The zero-order valence-electron chi connectivity index (χ0n) is 46.0. The lowest BCUT2D eigenvalue weighted by Gasteiger charge is -2.60.